The Morgan fingerprint density at radius 3 is 0.920 bits per heavy atom. The fraction of sp³-hybridized carbons (Fsp3) is 0. The molecule has 0 aliphatic carbocycles. The van der Waals surface area contributed by atoms with Crippen molar-refractivity contribution in [2.45, 2.75) is 0 Å². The second-order valence-electron chi connectivity index (χ2n) is 4.34. The molecule has 11 heteroatoms. The Labute approximate surface area is 149 Å². The maximum absolute atomic E-state index is 10.3. The van der Waals surface area contributed by atoms with Crippen LogP contribution in [0.2, 0.25) is 0 Å². The molecule has 0 amide bonds. The Hall–Kier alpha value is -3.30. The van der Waals surface area contributed by atoms with Crippen molar-refractivity contribution in [3.63, 3.8) is 0 Å². The Balaban J connectivity index is 0.000000443. The van der Waals surface area contributed by atoms with Crippen LogP contribution >= 0.6 is 0 Å². The van der Waals surface area contributed by atoms with Gasteiger partial charge >= 0.3 is 11.9 Å². The van der Waals surface area contributed by atoms with E-state index in [4.69, 9.17) is 40.9 Å². The van der Waals surface area contributed by atoms with E-state index >= 15 is 0 Å². The Morgan fingerprint density at radius 2 is 0.760 bits per heavy atom. The molecule has 1 radical (unpaired) electrons. The van der Waals surface area contributed by atoms with Crippen LogP contribution in [0.25, 0.3) is 0 Å². The van der Waals surface area contributed by atoms with Crippen molar-refractivity contribution in [3.8, 4) is 34.5 Å². The molecule has 2 rings (SSSR count). The monoisotopic (exact) mass is 403 g/mol. The first-order valence-corrected chi connectivity index (χ1v) is 6.01. The van der Waals surface area contributed by atoms with E-state index in [0.29, 0.717) is 0 Å². The van der Waals surface area contributed by atoms with E-state index < -0.39 is 46.4 Å². The van der Waals surface area contributed by atoms with Gasteiger partial charge in [0.05, 0.1) is 11.1 Å². The number of hydrogen-bond donors (Lipinski definition) is 8. The van der Waals surface area contributed by atoms with Crippen LogP contribution in [0.1, 0.15) is 20.7 Å². The Bertz CT molecular complexity index is 689. The largest absolute Gasteiger partial charge is 0.504 e. The Kier molecular flexibility index (Phi) is 7.40. The molecule has 10 nitrogen and oxygen atoms in total. The zero-order valence-corrected chi connectivity index (χ0v) is 12.9. The van der Waals surface area contributed by atoms with Gasteiger partial charge in [0.2, 0.25) is 0 Å². The number of phenolic OH excluding ortho intramolecular Hbond substituents is 6. The number of carboxylic acids is 2. The third-order valence-electron chi connectivity index (χ3n) is 2.63. The summed E-state index contributed by atoms with van der Waals surface area (Å²) in [6.45, 7) is 0. The fourth-order valence-electron chi connectivity index (χ4n) is 1.46. The fourth-order valence-corrected chi connectivity index (χ4v) is 1.46. The maximum Gasteiger partial charge on any atom is 0.335 e. The first-order chi connectivity index (χ1) is 11.0. The summed E-state index contributed by atoms with van der Waals surface area (Å²) in [6.07, 6.45) is 0. The van der Waals surface area contributed by atoms with Gasteiger partial charge in [-0.05, 0) is 24.3 Å². The zero-order chi connectivity index (χ0) is 18.6. The summed E-state index contributed by atoms with van der Waals surface area (Å²) in [6, 6.07) is 3.38. The van der Waals surface area contributed by atoms with Crippen LogP contribution in [0.15, 0.2) is 24.3 Å². The number of carboxylic acid groups (broad SMARTS) is 2. The van der Waals surface area contributed by atoms with E-state index in [1.54, 1.807) is 0 Å². The van der Waals surface area contributed by atoms with Crippen molar-refractivity contribution in [1.29, 1.82) is 0 Å². The van der Waals surface area contributed by atoms with Gasteiger partial charge in [0.25, 0.3) is 0 Å². The molecule has 0 saturated carbocycles. The third kappa shape index (κ3) is 5.37. The SMILES string of the molecule is O=C(O)c1cc(O)c(O)c(O)c1.O=C(O)c1cc(O)c(O)c(O)c1.[Cu]. The second-order valence-corrected chi connectivity index (χ2v) is 4.34. The van der Waals surface area contributed by atoms with E-state index in [0.717, 1.165) is 24.3 Å². The molecule has 0 saturated heterocycles. The number of aromatic hydroxyl groups is 6. The van der Waals surface area contributed by atoms with E-state index in [-0.39, 0.29) is 28.2 Å². The van der Waals surface area contributed by atoms with Crippen molar-refractivity contribution in [2.24, 2.45) is 0 Å². The van der Waals surface area contributed by atoms with Gasteiger partial charge in [-0.2, -0.15) is 0 Å². The minimum atomic E-state index is -1.29. The Morgan fingerprint density at radius 1 is 0.560 bits per heavy atom. The zero-order valence-electron chi connectivity index (χ0n) is 12.0. The van der Waals surface area contributed by atoms with Crippen LogP contribution in [0.3, 0.4) is 0 Å². The van der Waals surface area contributed by atoms with Crippen LogP contribution in [-0.2, 0) is 17.1 Å². The van der Waals surface area contributed by atoms with Crippen molar-refractivity contribution in [3.05, 3.63) is 35.4 Å². The molecule has 0 heterocycles. The van der Waals surface area contributed by atoms with Crippen LogP contribution in [0, 0.1) is 0 Å². The van der Waals surface area contributed by atoms with Crippen LogP contribution in [-0.4, -0.2) is 52.8 Å². The molecule has 2 aromatic carbocycles. The van der Waals surface area contributed by atoms with Gasteiger partial charge in [-0.15, -0.1) is 0 Å². The summed E-state index contributed by atoms with van der Waals surface area (Å²) in [4.78, 5) is 20.6. The first-order valence-electron chi connectivity index (χ1n) is 6.01. The van der Waals surface area contributed by atoms with Gasteiger partial charge in [0, 0.05) is 17.1 Å². The number of phenols is 6. The average Bonchev–Trinajstić information content (AvgIpc) is 2.49. The molecular weight excluding hydrogens is 392 g/mol. The second kappa shape index (κ2) is 8.52. The third-order valence-corrected chi connectivity index (χ3v) is 2.63. The van der Waals surface area contributed by atoms with E-state index in [2.05, 4.69) is 0 Å². The number of carbonyl (C=O) groups is 2. The molecule has 8 N–H and O–H groups in total. The molecule has 0 bridgehead atoms. The minimum Gasteiger partial charge on any atom is -0.504 e. The molecule has 0 aromatic heterocycles. The average molecular weight is 404 g/mol. The summed E-state index contributed by atoms with van der Waals surface area (Å²) in [5.74, 6) is -6.67. The van der Waals surface area contributed by atoms with Gasteiger partial charge in [-0.25, -0.2) is 9.59 Å². The molecule has 25 heavy (non-hydrogen) atoms. The summed E-state index contributed by atoms with van der Waals surface area (Å²) in [7, 11) is 0. The van der Waals surface area contributed by atoms with Crippen molar-refractivity contribution in [1.82, 2.24) is 0 Å². The summed E-state index contributed by atoms with van der Waals surface area (Å²) in [5, 5.41) is 69.9. The number of benzene rings is 2. The molecule has 0 fully saturated rings. The van der Waals surface area contributed by atoms with Crippen LogP contribution in [0.4, 0.5) is 0 Å². The van der Waals surface area contributed by atoms with E-state index in [9.17, 15) is 9.59 Å². The van der Waals surface area contributed by atoms with Gasteiger partial charge in [0.1, 0.15) is 0 Å². The predicted octanol–water partition coefficient (Wildman–Crippen LogP) is 1.00. The van der Waals surface area contributed by atoms with E-state index in [1.807, 2.05) is 0 Å². The molecule has 139 valence electrons. The standard InChI is InChI=1S/2C7H6O5.Cu/c2*8-4-1-3(7(11)12)2-5(9)6(4)10;/h2*1-2,8-10H,(H,11,12);. The normalized spacial score (nSPS) is 9.28. The van der Waals surface area contributed by atoms with E-state index in [1.165, 1.54) is 0 Å². The topological polar surface area (TPSA) is 196 Å². The van der Waals surface area contributed by atoms with Gasteiger partial charge in [-0.1, -0.05) is 0 Å². The molecule has 2 aromatic rings. The predicted molar refractivity (Wildman–Crippen MR) is 76.8 cm³/mol. The van der Waals surface area contributed by atoms with Crippen molar-refractivity contribution >= 4 is 11.9 Å². The molecule has 0 unspecified atom stereocenters. The van der Waals surface area contributed by atoms with Gasteiger partial charge in [0.15, 0.2) is 34.5 Å². The number of rotatable bonds is 2. The van der Waals surface area contributed by atoms with Gasteiger partial charge < -0.3 is 40.9 Å². The molecule has 0 aliphatic heterocycles. The minimum absolute atomic E-state index is 0. The van der Waals surface area contributed by atoms with Crippen molar-refractivity contribution in [2.75, 3.05) is 0 Å². The number of hydrogen-bond acceptors (Lipinski definition) is 8. The first kappa shape index (κ1) is 21.7. The smallest absolute Gasteiger partial charge is 0.335 e. The number of aromatic carboxylic acids is 2. The quantitative estimate of drug-likeness (QED) is 0.264. The summed E-state index contributed by atoms with van der Waals surface area (Å²) >= 11 is 0. The maximum atomic E-state index is 10.3. The van der Waals surface area contributed by atoms with Crippen molar-refractivity contribution < 1.29 is 67.5 Å². The van der Waals surface area contributed by atoms with Crippen LogP contribution in [0.5, 0.6) is 34.5 Å². The summed E-state index contributed by atoms with van der Waals surface area (Å²) < 4.78 is 0. The van der Waals surface area contributed by atoms with Crippen LogP contribution < -0.4 is 0 Å². The summed E-state index contributed by atoms with van der Waals surface area (Å²) in [5.41, 5.74) is -0.578. The molecule has 0 aliphatic rings. The molecule has 0 atom stereocenters. The molecule has 0 spiro atoms. The molecular formula is C14H12CuO10. The van der Waals surface area contributed by atoms with Gasteiger partial charge in [-0.3, -0.25) is 0 Å².